The maximum atomic E-state index is 12.2. The van der Waals surface area contributed by atoms with Crippen molar-refractivity contribution in [2.45, 2.75) is 12.2 Å². The summed E-state index contributed by atoms with van der Waals surface area (Å²) < 4.78 is 46.5. The molecule has 1 atom stereocenters. The minimum absolute atomic E-state index is 0.300. The molecule has 4 nitrogen and oxygen atoms in total. The first-order valence-electron chi connectivity index (χ1n) is 5.33. The van der Waals surface area contributed by atoms with Gasteiger partial charge in [0.25, 0.3) is 0 Å². The fraction of sp³-hybridized carbons (Fsp3) is 0.417. The van der Waals surface area contributed by atoms with E-state index in [0.29, 0.717) is 17.1 Å². The van der Waals surface area contributed by atoms with Crippen LogP contribution in [0, 0.1) is 11.3 Å². The van der Waals surface area contributed by atoms with Gasteiger partial charge in [-0.1, -0.05) is 0 Å². The zero-order valence-corrected chi connectivity index (χ0v) is 10.4. The van der Waals surface area contributed by atoms with Crippen LogP contribution in [0.4, 0.5) is 13.2 Å². The number of rotatable bonds is 5. The Labute approximate surface area is 108 Å². The average molecular weight is 274 g/mol. The third kappa shape index (κ3) is 4.34. The first-order valence-corrected chi connectivity index (χ1v) is 5.33. The molecule has 0 radical (unpaired) electrons. The lowest BCUT2D eigenvalue weighted by atomic mass is 10.1. The molecule has 0 spiro atoms. The average Bonchev–Trinajstić information content (AvgIpc) is 2.38. The van der Waals surface area contributed by atoms with Gasteiger partial charge < -0.3 is 9.47 Å². The molecule has 1 unspecified atom stereocenters. The first-order chi connectivity index (χ1) is 8.91. The van der Waals surface area contributed by atoms with Gasteiger partial charge in [-0.15, -0.1) is 0 Å². The van der Waals surface area contributed by atoms with Crippen LogP contribution in [0.15, 0.2) is 18.2 Å². The largest absolute Gasteiger partial charge is 0.497 e. The van der Waals surface area contributed by atoms with E-state index in [1.165, 1.54) is 26.4 Å². The van der Waals surface area contributed by atoms with Gasteiger partial charge in [0, 0.05) is 5.56 Å². The third-order valence-electron chi connectivity index (χ3n) is 2.38. The van der Waals surface area contributed by atoms with Gasteiger partial charge in [0.2, 0.25) is 0 Å². The lowest BCUT2D eigenvalue weighted by Crippen LogP contribution is -2.31. The molecule has 1 rings (SSSR count). The summed E-state index contributed by atoms with van der Waals surface area (Å²) in [6, 6.07) is 5.24. The molecule has 0 aliphatic rings. The lowest BCUT2D eigenvalue weighted by Gasteiger charge is -2.17. The predicted molar refractivity (Wildman–Crippen MR) is 62.0 cm³/mol. The van der Waals surface area contributed by atoms with E-state index in [1.807, 2.05) is 0 Å². The van der Waals surface area contributed by atoms with Crippen LogP contribution in [0.25, 0.3) is 0 Å². The summed E-state index contributed by atoms with van der Waals surface area (Å²) in [6.07, 6.45) is -4.39. The number of halogens is 3. The van der Waals surface area contributed by atoms with E-state index in [2.05, 4.69) is 5.32 Å². The van der Waals surface area contributed by atoms with Crippen LogP contribution in [0.2, 0.25) is 0 Å². The van der Waals surface area contributed by atoms with Gasteiger partial charge in [-0.25, -0.2) is 0 Å². The van der Waals surface area contributed by atoms with Crippen molar-refractivity contribution in [3.05, 3.63) is 23.8 Å². The van der Waals surface area contributed by atoms with Crippen LogP contribution in [0.1, 0.15) is 11.6 Å². The fourth-order valence-corrected chi connectivity index (χ4v) is 1.51. The lowest BCUT2D eigenvalue weighted by molar-refractivity contribution is -0.125. The summed E-state index contributed by atoms with van der Waals surface area (Å²) in [6.45, 7) is -1.26. The van der Waals surface area contributed by atoms with Gasteiger partial charge in [-0.3, -0.25) is 5.32 Å². The number of hydrogen-bond donors (Lipinski definition) is 1. The van der Waals surface area contributed by atoms with Crippen LogP contribution in [0.3, 0.4) is 0 Å². The third-order valence-corrected chi connectivity index (χ3v) is 2.38. The van der Waals surface area contributed by atoms with E-state index in [1.54, 1.807) is 12.1 Å². The highest BCUT2D eigenvalue weighted by atomic mass is 19.4. The van der Waals surface area contributed by atoms with Gasteiger partial charge in [0.05, 0.1) is 26.8 Å². The Morgan fingerprint density at radius 3 is 2.47 bits per heavy atom. The van der Waals surface area contributed by atoms with Crippen LogP contribution in [-0.4, -0.2) is 26.9 Å². The number of nitriles is 1. The molecular weight excluding hydrogens is 261 g/mol. The van der Waals surface area contributed by atoms with Crippen LogP contribution in [-0.2, 0) is 0 Å². The zero-order valence-electron chi connectivity index (χ0n) is 10.4. The summed E-state index contributed by atoms with van der Waals surface area (Å²) in [5.74, 6) is 0.756. The first kappa shape index (κ1) is 15.1. The fourth-order valence-electron chi connectivity index (χ4n) is 1.51. The highest BCUT2D eigenvalue weighted by Gasteiger charge is 2.29. The molecular formula is C12H13F3N2O2. The molecule has 0 aromatic heterocycles. The van der Waals surface area contributed by atoms with Gasteiger partial charge in [0.1, 0.15) is 17.5 Å². The quantitative estimate of drug-likeness (QED) is 0.896. The Kier molecular flexibility index (Phi) is 5.01. The Hall–Kier alpha value is -1.94. The van der Waals surface area contributed by atoms with Crippen LogP contribution >= 0.6 is 0 Å². The highest BCUT2D eigenvalue weighted by molar-refractivity contribution is 5.44. The maximum absolute atomic E-state index is 12.2. The molecule has 0 bridgehead atoms. The van der Waals surface area contributed by atoms with Crippen molar-refractivity contribution in [3.8, 4) is 17.6 Å². The monoisotopic (exact) mass is 274 g/mol. The van der Waals surface area contributed by atoms with Gasteiger partial charge in [-0.05, 0) is 18.2 Å². The Balaban J connectivity index is 3.00. The second-order valence-electron chi connectivity index (χ2n) is 3.67. The Bertz CT molecular complexity index is 469. The van der Waals surface area contributed by atoms with E-state index in [9.17, 15) is 13.2 Å². The van der Waals surface area contributed by atoms with Crippen molar-refractivity contribution >= 4 is 0 Å². The van der Waals surface area contributed by atoms with E-state index >= 15 is 0 Å². The molecule has 104 valence electrons. The van der Waals surface area contributed by atoms with Crippen LogP contribution in [0.5, 0.6) is 11.5 Å². The van der Waals surface area contributed by atoms with Crippen LogP contribution < -0.4 is 14.8 Å². The predicted octanol–water partition coefficient (Wildman–Crippen LogP) is 2.42. The molecule has 7 heteroatoms. The molecule has 0 saturated heterocycles. The minimum atomic E-state index is -4.39. The van der Waals surface area contributed by atoms with Crippen molar-refractivity contribution in [1.29, 1.82) is 5.26 Å². The number of hydrogen-bond acceptors (Lipinski definition) is 4. The second kappa shape index (κ2) is 6.29. The number of alkyl halides is 3. The number of benzene rings is 1. The summed E-state index contributed by atoms with van der Waals surface area (Å²) >= 11 is 0. The Morgan fingerprint density at radius 2 is 2.00 bits per heavy atom. The molecule has 0 amide bonds. The maximum Gasteiger partial charge on any atom is 0.401 e. The second-order valence-corrected chi connectivity index (χ2v) is 3.67. The smallest absolute Gasteiger partial charge is 0.401 e. The van der Waals surface area contributed by atoms with Crippen molar-refractivity contribution in [3.63, 3.8) is 0 Å². The van der Waals surface area contributed by atoms with Gasteiger partial charge >= 0.3 is 6.18 Å². The molecule has 0 aliphatic heterocycles. The SMILES string of the molecule is COc1ccc(OC)c(C(C#N)NCC(F)(F)F)c1. The molecule has 1 N–H and O–H groups in total. The molecule has 1 aromatic carbocycles. The topological polar surface area (TPSA) is 54.3 Å². The number of nitrogens with zero attached hydrogens (tertiary/aromatic N) is 1. The standard InChI is InChI=1S/C12H13F3N2O2/c1-18-8-3-4-11(19-2)9(5-8)10(6-16)17-7-12(13,14)15/h3-5,10,17H,7H2,1-2H3. The van der Waals surface area contributed by atoms with Crippen molar-refractivity contribution in [1.82, 2.24) is 5.32 Å². The molecule has 0 saturated carbocycles. The van der Waals surface area contributed by atoms with Crippen molar-refractivity contribution < 1.29 is 22.6 Å². The van der Waals surface area contributed by atoms with Gasteiger partial charge in [-0.2, -0.15) is 18.4 Å². The zero-order chi connectivity index (χ0) is 14.5. The number of methoxy groups -OCH3 is 2. The Morgan fingerprint density at radius 1 is 1.32 bits per heavy atom. The number of nitrogens with one attached hydrogen (secondary N) is 1. The summed E-state index contributed by atoms with van der Waals surface area (Å²) in [5.41, 5.74) is 0.300. The summed E-state index contributed by atoms with van der Waals surface area (Å²) in [7, 11) is 2.81. The molecule has 19 heavy (non-hydrogen) atoms. The molecule has 0 aliphatic carbocycles. The van der Waals surface area contributed by atoms with Crippen molar-refractivity contribution in [2.24, 2.45) is 0 Å². The van der Waals surface area contributed by atoms with E-state index < -0.39 is 18.8 Å². The van der Waals surface area contributed by atoms with E-state index in [0.717, 1.165) is 0 Å². The number of ether oxygens (including phenoxy) is 2. The van der Waals surface area contributed by atoms with Gasteiger partial charge in [0.15, 0.2) is 0 Å². The summed E-state index contributed by atoms with van der Waals surface area (Å²) in [4.78, 5) is 0. The van der Waals surface area contributed by atoms with E-state index in [4.69, 9.17) is 14.7 Å². The van der Waals surface area contributed by atoms with Crippen molar-refractivity contribution in [2.75, 3.05) is 20.8 Å². The normalized spacial score (nSPS) is 12.6. The molecule has 0 heterocycles. The summed E-state index contributed by atoms with van der Waals surface area (Å²) in [5, 5.41) is 11.1. The molecule has 0 fully saturated rings. The minimum Gasteiger partial charge on any atom is -0.497 e. The highest BCUT2D eigenvalue weighted by Crippen LogP contribution is 2.29. The van der Waals surface area contributed by atoms with E-state index in [-0.39, 0.29) is 0 Å². The molecule has 1 aromatic rings.